The van der Waals surface area contributed by atoms with Crippen LogP contribution in [0.15, 0.2) is 36.9 Å². The summed E-state index contributed by atoms with van der Waals surface area (Å²) in [4.78, 5) is 10.5. The minimum absolute atomic E-state index is 0.654. The van der Waals surface area contributed by atoms with Crippen LogP contribution in [0.3, 0.4) is 0 Å². The van der Waals surface area contributed by atoms with Gasteiger partial charge in [0.15, 0.2) is 0 Å². The van der Waals surface area contributed by atoms with E-state index in [9.17, 15) is 0 Å². The third-order valence-corrected chi connectivity index (χ3v) is 5.87. The zero-order chi connectivity index (χ0) is 18.1. The first-order chi connectivity index (χ1) is 13.4. The van der Waals surface area contributed by atoms with Crippen molar-refractivity contribution in [1.82, 2.24) is 25.1 Å². The first-order valence-electron chi connectivity index (χ1n) is 9.86. The van der Waals surface area contributed by atoms with E-state index in [1.54, 1.807) is 0 Å². The Morgan fingerprint density at radius 3 is 2.96 bits per heavy atom. The highest BCUT2D eigenvalue weighted by Gasteiger charge is 2.23. The van der Waals surface area contributed by atoms with Crippen LogP contribution in [0, 0.1) is 0 Å². The van der Waals surface area contributed by atoms with Crippen molar-refractivity contribution in [3.63, 3.8) is 0 Å². The Kier molecular flexibility index (Phi) is 4.51. The summed E-state index contributed by atoms with van der Waals surface area (Å²) in [7, 11) is 0. The van der Waals surface area contributed by atoms with Gasteiger partial charge in [0.05, 0.1) is 12.8 Å². The topological polar surface area (TPSA) is 69.8 Å². The predicted octanol–water partition coefficient (Wildman–Crippen LogP) is 3.61. The molecule has 6 nitrogen and oxygen atoms in total. The van der Waals surface area contributed by atoms with Crippen LogP contribution >= 0.6 is 0 Å². The predicted molar refractivity (Wildman–Crippen MR) is 106 cm³/mol. The molecular weight excluding hydrogens is 338 g/mol. The van der Waals surface area contributed by atoms with Gasteiger partial charge in [-0.3, -0.25) is 10.00 Å². The van der Waals surface area contributed by atoms with Gasteiger partial charge in [-0.05, 0) is 42.9 Å². The second-order valence-corrected chi connectivity index (χ2v) is 7.47. The highest BCUT2D eigenvalue weighted by atomic mass is 16.5. The molecule has 1 unspecified atom stereocenters. The number of hydrogen-bond donors (Lipinski definition) is 2. The van der Waals surface area contributed by atoms with Gasteiger partial charge >= 0.3 is 0 Å². The fraction of sp³-hybridized carbons (Fsp3) is 0.429. The fourth-order valence-electron chi connectivity index (χ4n) is 4.36. The molecule has 0 radical (unpaired) electrons. The van der Waals surface area contributed by atoms with Crippen molar-refractivity contribution in [3.05, 3.63) is 42.5 Å². The summed E-state index contributed by atoms with van der Waals surface area (Å²) in [5, 5.41) is 8.12. The average Bonchev–Trinajstić information content (AvgIpc) is 3.30. The number of aromatic nitrogens is 4. The van der Waals surface area contributed by atoms with E-state index in [2.05, 4.69) is 37.2 Å². The summed E-state index contributed by atoms with van der Waals surface area (Å²) >= 11 is 0. The van der Waals surface area contributed by atoms with Crippen LogP contribution in [0.2, 0.25) is 0 Å². The third kappa shape index (κ3) is 3.31. The Morgan fingerprint density at radius 2 is 2.11 bits per heavy atom. The molecular formula is C21H25N5O. The molecule has 2 N–H and O–H groups in total. The molecule has 0 bridgehead atoms. The summed E-state index contributed by atoms with van der Waals surface area (Å²) < 4.78 is 5.61. The summed E-state index contributed by atoms with van der Waals surface area (Å²) in [6.45, 7) is 4.02. The van der Waals surface area contributed by atoms with Gasteiger partial charge in [-0.1, -0.05) is 6.08 Å². The van der Waals surface area contributed by atoms with E-state index in [0.717, 1.165) is 61.2 Å². The highest BCUT2D eigenvalue weighted by molar-refractivity contribution is 5.94. The number of aromatic amines is 2. The maximum Gasteiger partial charge on any atom is 0.137 e. The van der Waals surface area contributed by atoms with Gasteiger partial charge in [-0.15, -0.1) is 0 Å². The van der Waals surface area contributed by atoms with E-state index in [-0.39, 0.29) is 0 Å². The molecule has 0 spiro atoms. The van der Waals surface area contributed by atoms with Crippen LogP contribution < -0.4 is 0 Å². The van der Waals surface area contributed by atoms with Crippen molar-refractivity contribution < 1.29 is 4.74 Å². The maximum atomic E-state index is 5.61. The molecule has 2 aliphatic rings. The largest absolute Gasteiger partial charge is 0.380 e. The van der Waals surface area contributed by atoms with Gasteiger partial charge in [-0.2, -0.15) is 5.10 Å². The van der Waals surface area contributed by atoms with Gasteiger partial charge in [-0.25, -0.2) is 4.98 Å². The van der Waals surface area contributed by atoms with Crippen LogP contribution in [-0.4, -0.2) is 57.4 Å². The highest BCUT2D eigenvalue weighted by Crippen LogP contribution is 2.33. The van der Waals surface area contributed by atoms with Crippen LogP contribution in [0.4, 0.5) is 0 Å². The SMILES string of the molecule is C1=C(c2cnc3[nH]cc(-c4cn[nH]c4)c3c2)CCC(N2CCCOCC2)C1. The van der Waals surface area contributed by atoms with Gasteiger partial charge in [0.25, 0.3) is 0 Å². The Bertz CT molecular complexity index is 935. The first-order valence-corrected chi connectivity index (χ1v) is 9.86. The minimum Gasteiger partial charge on any atom is -0.380 e. The summed E-state index contributed by atoms with van der Waals surface area (Å²) in [6, 6.07) is 2.92. The second-order valence-electron chi connectivity index (χ2n) is 7.47. The van der Waals surface area contributed by atoms with Crippen molar-refractivity contribution in [1.29, 1.82) is 0 Å². The molecule has 0 amide bonds. The van der Waals surface area contributed by atoms with Gasteiger partial charge in [0, 0.05) is 60.8 Å². The molecule has 1 aliphatic heterocycles. The van der Waals surface area contributed by atoms with Crippen molar-refractivity contribution >= 4 is 16.6 Å². The summed E-state index contributed by atoms with van der Waals surface area (Å²) in [5.41, 5.74) is 5.82. The van der Waals surface area contributed by atoms with E-state index in [0.29, 0.717) is 6.04 Å². The quantitative estimate of drug-likeness (QED) is 0.746. The van der Waals surface area contributed by atoms with E-state index in [1.807, 2.05) is 24.8 Å². The zero-order valence-electron chi connectivity index (χ0n) is 15.4. The van der Waals surface area contributed by atoms with Crippen molar-refractivity contribution in [3.8, 4) is 11.1 Å². The van der Waals surface area contributed by atoms with Crippen LogP contribution in [0.1, 0.15) is 31.2 Å². The first kappa shape index (κ1) is 16.7. The van der Waals surface area contributed by atoms with Gasteiger partial charge in [0.2, 0.25) is 0 Å². The lowest BCUT2D eigenvalue weighted by Crippen LogP contribution is -2.37. The average molecular weight is 363 g/mol. The number of rotatable bonds is 3. The van der Waals surface area contributed by atoms with Crippen LogP contribution in [-0.2, 0) is 4.74 Å². The molecule has 1 aliphatic carbocycles. The normalized spacial score (nSPS) is 21.9. The molecule has 1 atom stereocenters. The number of pyridine rings is 1. The maximum absolute atomic E-state index is 5.61. The lowest BCUT2D eigenvalue weighted by Gasteiger charge is -2.32. The van der Waals surface area contributed by atoms with Crippen molar-refractivity contribution in [2.45, 2.75) is 31.7 Å². The molecule has 5 rings (SSSR count). The Balaban J connectivity index is 1.38. The summed E-state index contributed by atoms with van der Waals surface area (Å²) in [6.07, 6.45) is 14.8. The number of nitrogens with zero attached hydrogens (tertiary/aromatic N) is 3. The number of ether oxygens (including phenoxy) is 1. The van der Waals surface area contributed by atoms with Crippen molar-refractivity contribution in [2.75, 3.05) is 26.3 Å². The lowest BCUT2D eigenvalue weighted by atomic mass is 9.90. The molecule has 3 aromatic heterocycles. The van der Waals surface area contributed by atoms with Crippen LogP contribution in [0.5, 0.6) is 0 Å². The molecule has 4 heterocycles. The van der Waals surface area contributed by atoms with Gasteiger partial charge in [0.1, 0.15) is 5.65 Å². The summed E-state index contributed by atoms with van der Waals surface area (Å²) in [5.74, 6) is 0. The number of allylic oxidation sites excluding steroid dienone is 1. The number of nitrogens with one attached hydrogen (secondary N) is 2. The molecule has 6 heteroatoms. The molecule has 27 heavy (non-hydrogen) atoms. The molecule has 1 saturated heterocycles. The molecule has 3 aromatic rings. The minimum atomic E-state index is 0.654. The molecule has 0 saturated carbocycles. The fourth-order valence-corrected chi connectivity index (χ4v) is 4.36. The zero-order valence-corrected chi connectivity index (χ0v) is 15.4. The van der Waals surface area contributed by atoms with E-state index >= 15 is 0 Å². The molecule has 1 fully saturated rings. The van der Waals surface area contributed by atoms with Crippen molar-refractivity contribution in [2.24, 2.45) is 0 Å². The number of hydrogen-bond acceptors (Lipinski definition) is 4. The molecule has 0 aromatic carbocycles. The Hall–Kier alpha value is -2.44. The lowest BCUT2D eigenvalue weighted by molar-refractivity contribution is 0.129. The van der Waals surface area contributed by atoms with E-state index in [4.69, 9.17) is 4.74 Å². The molecule has 140 valence electrons. The monoisotopic (exact) mass is 363 g/mol. The van der Waals surface area contributed by atoms with Gasteiger partial charge < -0.3 is 9.72 Å². The Labute approximate surface area is 158 Å². The Morgan fingerprint density at radius 1 is 1.11 bits per heavy atom. The third-order valence-electron chi connectivity index (χ3n) is 5.87. The van der Waals surface area contributed by atoms with Crippen LogP contribution in [0.25, 0.3) is 27.7 Å². The smallest absolute Gasteiger partial charge is 0.137 e. The number of H-pyrrole nitrogens is 2. The number of fused-ring (bicyclic) bond motifs is 1. The van der Waals surface area contributed by atoms with E-state index in [1.165, 1.54) is 24.1 Å². The standard InChI is InChI=1S/C21H25N5O/c1-6-26(7-9-27-8-1)18-4-2-15(3-5-18)16-10-19-20(17-12-24-25-13-17)14-23-21(19)22-11-16/h2,10-14,18H,1,3-9H2,(H,22,23)(H,24,25). The second kappa shape index (κ2) is 7.29. The van der Waals surface area contributed by atoms with E-state index < -0.39 is 0 Å².